The zero-order chi connectivity index (χ0) is 13.5. The Morgan fingerprint density at radius 2 is 2.28 bits per heavy atom. The van der Waals surface area contributed by atoms with Gasteiger partial charge in [0, 0.05) is 25.9 Å². The minimum absolute atomic E-state index is 0.0870. The molecule has 6 heteroatoms. The summed E-state index contributed by atoms with van der Waals surface area (Å²) >= 11 is 0. The number of hydrogen-bond donors (Lipinski definition) is 2. The number of aromatic nitrogens is 1. The molecule has 1 aromatic heterocycles. The summed E-state index contributed by atoms with van der Waals surface area (Å²) in [4.78, 5) is 23.1. The fourth-order valence-corrected chi connectivity index (χ4v) is 1.51. The van der Waals surface area contributed by atoms with Crippen LogP contribution in [0.5, 0.6) is 0 Å². The maximum atomic E-state index is 11.7. The first kappa shape index (κ1) is 14.4. The highest BCUT2D eigenvalue weighted by atomic mass is 16.5. The molecule has 3 N–H and O–H groups in total. The number of carbonyl (C=O) groups excluding carboxylic acids is 1. The maximum absolute atomic E-state index is 11.7. The average Bonchev–Trinajstić information content (AvgIpc) is 2.34. The molecule has 1 aromatic rings. The van der Waals surface area contributed by atoms with Gasteiger partial charge < -0.3 is 20.4 Å². The minimum Gasteiger partial charge on any atom is -0.383 e. The minimum atomic E-state index is -0.721. The number of ether oxygens (including phenoxy) is 1. The summed E-state index contributed by atoms with van der Waals surface area (Å²) in [6, 6.07) is 2.26. The standard InChI is InChI=1S/C12H19N3O3/c1-3-6-15-7-9(4-5-11(15)16)14-12(17)10(13)8-18-2/h4-5,7,10H,3,6,8,13H2,1-2H3,(H,14,17). The highest BCUT2D eigenvalue weighted by molar-refractivity contribution is 5.94. The predicted octanol–water partition coefficient (Wildman–Crippen LogP) is 0.171. The van der Waals surface area contributed by atoms with Crippen LogP contribution in [0.25, 0.3) is 0 Å². The summed E-state index contributed by atoms with van der Waals surface area (Å²) in [6.45, 7) is 2.75. The third-order valence-corrected chi connectivity index (χ3v) is 2.40. The van der Waals surface area contributed by atoms with Gasteiger partial charge in [0.1, 0.15) is 6.04 Å². The molecular formula is C12H19N3O3. The first-order chi connectivity index (χ1) is 8.58. The SMILES string of the molecule is CCCn1cc(NC(=O)C(N)COC)ccc1=O. The second kappa shape index (κ2) is 6.93. The number of rotatable bonds is 6. The van der Waals surface area contributed by atoms with Gasteiger partial charge in [-0.25, -0.2) is 0 Å². The molecule has 1 unspecified atom stereocenters. The van der Waals surface area contributed by atoms with E-state index in [9.17, 15) is 9.59 Å². The van der Waals surface area contributed by atoms with Gasteiger partial charge in [0.2, 0.25) is 5.91 Å². The van der Waals surface area contributed by atoms with Gasteiger partial charge in [-0.2, -0.15) is 0 Å². The number of methoxy groups -OCH3 is 1. The first-order valence-corrected chi connectivity index (χ1v) is 5.84. The lowest BCUT2D eigenvalue weighted by Gasteiger charge is -2.12. The molecule has 0 saturated carbocycles. The van der Waals surface area contributed by atoms with Crippen LogP contribution in [-0.4, -0.2) is 30.2 Å². The van der Waals surface area contributed by atoms with Gasteiger partial charge in [0.25, 0.3) is 5.56 Å². The normalized spacial score (nSPS) is 12.2. The van der Waals surface area contributed by atoms with Crippen molar-refractivity contribution in [1.29, 1.82) is 0 Å². The van der Waals surface area contributed by atoms with Gasteiger partial charge in [0.05, 0.1) is 12.3 Å². The Balaban J connectivity index is 2.76. The summed E-state index contributed by atoms with van der Waals surface area (Å²) in [5.41, 5.74) is 6.06. The van der Waals surface area contributed by atoms with Crippen LogP contribution in [-0.2, 0) is 16.1 Å². The van der Waals surface area contributed by atoms with Crippen LogP contribution in [0.1, 0.15) is 13.3 Å². The van der Waals surface area contributed by atoms with E-state index in [1.54, 1.807) is 16.8 Å². The van der Waals surface area contributed by atoms with Crippen molar-refractivity contribution in [3.05, 3.63) is 28.7 Å². The quantitative estimate of drug-likeness (QED) is 0.756. The van der Waals surface area contributed by atoms with Crippen LogP contribution in [0.4, 0.5) is 5.69 Å². The van der Waals surface area contributed by atoms with E-state index in [1.807, 2.05) is 6.92 Å². The Bertz CT molecular complexity index is 456. The van der Waals surface area contributed by atoms with Gasteiger partial charge >= 0.3 is 0 Å². The molecule has 1 atom stereocenters. The van der Waals surface area contributed by atoms with Crippen molar-refractivity contribution >= 4 is 11.6 Å². The molecule has 1 amide bonds. The number of hydrogen-bond acceptors (Lipinski definition) is 4. The lowest BCUT2D eigenvalue weighted by Crippen LogP contribution is -2.39. The van der Waals surface area contributed by atoms with E-state index in [1.165, 1.54) is 13.2 Å². The molecule has 0 aromatic carbocycles. The van der Waals surface area contributed by atoms with Crippen LogP contribution < -0.4 is 16.6 Å². The van der Waals surface area contributed by atoms with Crippen molar-refractivity contribution in [3.8, 4) is 0 Å². The van der Waals surface area contributed by atoms with Crippen LogP contribution in [0.15, 0.2) is 23.1 Å². The Morgan fingerprint density at radius 1 is 1.56 bits per heavy atom. The van der Waals surface area contributed by atoms with E-state index < -0.39 is 6.04 Å². The number of pyridine rings is 1. The monoisotopic (exact) mass is 253 g/mol. The van der Waals surface area contributed by atoms with Crippen molar-refractivity contribution in [2.75, 3.05) is 19.0 Å². The van der Waals surface area contributed by atoms with E-state index in [0.29, 0.717) is 12.2 Å². The molecule has 0 aliphatic carbocycles. The van der Waals surface area contributed by atoms with Crippen molar-refractivity contribution in [2.24, 2.45) is 5.73 Å². The Kier molecular flexibility index (Phi) is 5.54. The molecule has 0 aliphatic heterocycles. The molecule has 100 valence electrons. The number of carbonyl (C=O) groups is 1. The summed E-state index contributed by atoms with van der Waals surface area (Å²) < 4.78 is 6.36. The Morgan fingerprint density at radius 3 is 2.89 bits per heavy atom. The Hall–Kier alpha value is -1.66. The summed E-state index contributed by atoms with van der Waals surface area (Å²) in [5, 5.41) is 2.65. The molecular weight excluding hydrogens is 234 g/mol. The third-order valence-electron chi connectivity index (χ3n) is 2.40. The number of nitrogens with two attached hydrogens (primary N) is 1. The lowest BCUT2D eigenvalue weighted by molar-refractivity contribution is -0.118. The van der Waals surface area contributed by atoms with E-state index in [2.05, 4.69) is 5.32 Å². The third kappa shape index (κ3) is 3.97. The molecule has 18 heavy (non-hydrogen) atoms. The zero-order valence-corrected chi connectivity index (χ0v) is 10.7. The fraction of sp³-hybridized carbons (Fsp3) is 0.500. The Labute approximate surface area is 106 Å². The summed E-state index contributed by atoms with van der Waals surface area (Å²) in [6.07, 6.45) is 2.46. The van der Waals surface area contributed by atoms with Crippen molar-refractivity contribution in [2.45, 2.75) is 25.9 Å². The number of nitrogens with zero attached hydrogens (tertiary/aromatic N) is 1. The number of anilines is 1. The molecule has 0 saturated heterocycles. The highest BCUT2D eigenvalue weighted by Gasteiger charge is 2.13. The van der Waals surface area contributed by atoms with Gasteiger partial charge in [0.15, 0.2) is 0 Å². The second-order valence-electron chi connectivity index (χ2n) is 4.00. The smallest absolute Gasteiger partial charge is 0.250 e. The molecule has 0 radical (unpaired) electrons. The topological polar surface area (TPSA) is 86.3 Å². The van der Waals surface area contributed by atoms with E-state index >= 15 is 0 Å². The lowest BCUT2D eigenvalue weighted by atomic mass is 10.3. The molecule has 0 spiro atoms. The summed E-state index contributed by atoms with van der Waals surface area (Å²) in [5.74, 6) is -0.335. The van der Waals surface area contributed by atoms with Gasteiger partial charge in [-0.3, -0.25) is 9.59 Å². The van der Waals surface area contributed by atoms with Gasteiger partial charge in [-0.1, -0.05) is 6.92 Å². The van der Waals surface area contributed by atoms with Crippen molar-refractivity contribution < 1.29 is 9.53 Å². The molecule has 0 bridgehead atoms. The molecule has 1 rings (SSSR count). The fourth-order valence-electron chi connectivity index (χ4n) is 1.51. The van der Waals surface area contributed by atoms with Crippen molar-refractivity contribution in [1.82, 2.24) is 4.57 Å². The zero-order valence-electron chi connectivity index (χ0n) is 10.7. The first-order valence-electron chi connectivity index (χ1n) is 5.84. The summed E-state index contributed by atoms with van der Waals surface area (Å²) in [7, 11) is 1.48. The largest absolute Gasteiger partial charge is 0.383 e. The van der Waals surface area contributed by atoms with E-state index in [-0.39, 0.29) is 18.1 Å². The van der Waals surface area contributed by atoms with E-state index in [0.717, 1.165) is 6.42 Å². The van der Waals surface area contributed by atoms with Crippen LogP contribution >= 0.6 is 0 Å². The number of amides is 1. The highest BCUT2D eigenvalue weighted by Crippen LogP contribution is 2.04. The molecule has 0 fully saturated rings. The van der Waals surface area contributed by atoms with E-state index in [4.69, 9.17) is 10.5 Å². The molecule has 1 heterocycles. The predicted molar refractivity (Wildman–Crippen MR) is 69.5 cm³/mol. The molecule has 0 aliphatic rings. The second-order valence-corrected chi connectivity index (χ2v) is 4.00. The van der Waals surface area contributed by atoms with Crippen molar-refractivity contribution in [3.63, 3.8) is 0 Å². The number of aryl methyl sites for hydroxylation is 1. The average molecular weight is 253 g/mol. The van der Waals surface area contributed by atoms with Gasteiger partial charge in [-0.05, 0) is 12.5 Å². The van der Waals surface area contributed by atoms with Gasteiger partial charge in [-0.15, -0.1) is 0 Å². The van der Waals surface area contributed by atoms with Crippen LogP contribution in [0, 0.1) is 0 Å². The maximum Gasteiger partial charge on any atom is 0.250 e. The van der Waals surface area contributed by atoms with Crippen LogP contribution in [0.3, 0.4) is 0 Å². The molecule has 6 nitrogen and oxygen atoms in total. The van der Waals surface area contributed by atoms with Crippen LogP contribution in [0.2, 0.25) is 0 Å². The number of nitrogens with one attached hydrogen (secondary N) is 1.